The number of piperidine rings is 1. The third-order valence-electron chi connectivity index (χ3n) is 4.05. The lowest BCUT2D eigenvalue weighted by atomic mass is 9.87. The topological polar surface area (TPSA) is 45.1 Å². The molecule has 0 radical (unpaired) electrons. The molecule has 0 aromatic carbocycles. The summed E-state index contributed by atoms with van der Waals surface area (Å²) in [6.07, 6.45) is 8.32. The van der Waals surface area contributed by atoms with Crippen molar-refractivity contribution in [3.63, 3.8) is 0 Å². The molecule has 3 N–H and O–H groups in total. The molecule has 0 bridgehead atoms. The fraction of sp³-hybridized carbons (Fsp3) is 0.692. The predicted octanol–water partition coefficient (Wildman–Crippen LogP) is 1.82. The summed E-state index contributed by atoms with van der Waals surface area (Å²) in [5.74, 6) is 0. The molecule has 2 unspecified atom stereocenters. The van der Waals surface area contributed by atoms with Crippen molar-refractivity contribution in [1.82, 2.24) is 9.88 Å². The first-order chi connectivity index (χ1) is 7.84. The van der Waals surface area contributed by atoms with Crippen LogP contribution in [-0.2, 0) is 6.42 Å². The molecule has 3 rings (SSSR count). The Morgan fingerprint density at radius 2 is 2.06 bits per heavy atom. The lowest BCUT2D eigenvalue weighted by Gasteiger charge is -2.38. The Labute approximate surface area is 97.0 Å². The summed E-state index contributed by atoms with van der Waals surface area (Å²) in [5.41, 5.74) is 9.03. The summed E-state index contributed by atoms with van der Waals surface area (Å²) in [6, 6.07) is 3.16. The number of aromatic nitrogens is 1. The maximum atomic E-state index is 6.16. The first-order valence-electron chi connectivity index (χ1n) is 6.50. The molecular weight excluding hydrogens is 198 g/mol. The van der Waals surface area contributed by atoms with Crippen molar-refractivity contribution < 1.29 is 0 Å². The zero-order chi connectivity index (χ0) is 11.0. The molecule has 88 valence electrons. The summed E-state index contributed by atoms with van der Waals surface area (Å²) in [4.78, 5) is 5.98. The van der Waals surface area contributed by atoms with Gasteiger partial charge in [0.1, 0.15) is 0 Å². The van der Waals surface area contributed by atoms with Crippen LogP contribution in [0.15, 0.2) is 12.3 Å². The van der Waals surface area contributed by atoms with Crippen molar-refractivity contribution in [2.75, 3.05) is 13.1 Å². The van der Waals surface area contributed by atoms with Gasteiger partial charge in [0.25, 0.3) is 0 Å². The molecule has 2 atom stereocenters. The van der Waals surface area contributed by atoms with E-state index in [0.29, 0.717) is 12.1 Å². The Morgan fingerprint density at radius 1 is 1.25 bits per heavy atom. The Morgan fingerprint density at radius 3 is 2.88 bits per heavy atom. The van der Waals surface area contributed by atoms with Gasteiger partial charge < -0.3 is 10.7 Å². The largest absolute Gasteiger partial charge is 0.365 e. The third-order valence-corrected chi connectivity index (χ3v) is 4.05. The lowest BCUT2D eigenvalue weighted by Crippen LogP contribution is -2.40. The second-order valence-electron chi connectivity index (χ2n) is 5.22. The van der Waals surface area contributed by atoms with Gasteiger partial charge in [0.2, 0.25) is 0 Å². The van der Waals surface area contributed by atoms with Gasteiger partial charge in [0.05, 0.1) is 0 Å². The summed E-state index contributed by atoms with van der Waals surface area (Å²) in [5, 5.41) is 0. The maximum Gasteiger partial charge on any atom is 0.0380 e. The monoisotopic (exact) mass is 219 g/mol. The molecule has 3 nitrogen and oxygen atoms in total. The van der Waals surface area contributed by atoms with E-state index >= 15 is 0 Å². The highest BCUT2D eigenvalue weighted by Crippen LogP contribution is 2.34. The molecular formula is C13H21N3. The Balaban J connectivity index is 1.84. The Bertz CT molecular complexity index is 352. The fourth-order valence-electron chi connectivity index (χ4n) is 3.24. The van der Waals surface area contributed by atoms with Gasteiger partial charge in [-0.15, -0.1) is 0 Å². The molecule has 1 aliphatic carbocycles. The number of H-pyrrole nitrogens is 1. The van der Waals surface area contributed by atoms with E-state index in [-0.39, 0.29) is 0 Å². The predicted molar refractivity (Wildman–Crippen MR) is 65.3 cm³/mol. The van der Waals surface area contributed by atoms with Gasteiger partial charge in [-0.2, -0.15) is 0 Å². The number of nitrogens with one attached hydrogen (secondary N) is 1. The number of nitrogens with two attached hydrogens (primary N) is 1. The van der Waals surface area contributed by atoms with Crippen molar-refractivity contribution in [3.05, 3.63) is 23.5 Å². The normalized spacial score (nSPS) is 31.3. The van der Waals surface area contributed by atoms with Gasteiger partial charge in [-0.05, 0) is 44.0 Å². The highest BCUT2D eigenvalue weighted by molar-refractivity contribution is 5.28. The third kappa shape index (κ3) is 1.78. The number of likely N-dealkylation sites (tertiary alicyclic amines) is 1. The van der Waals surface area contributed by atoms with Crippen LogP contribution in [0.4, 0.5) is 0 Å². The van der Waals surface area contributed by atoms with Crippen molar-refractivity contribution >= 4 is 0 Å². The second-order valence-corrected chi connectivity index (χ2v) is 5.22. The highest BCUT2D eigenvalue weighted by Gasteiger charge is 2.30. The van der Waals surface area contributed by atoms with Crippen LogP contribution in [0, 0.1) is 0 Å². The zero-order valence-corrected chi connectivity index (χ0v) is 9.78. The molecule has 0 saturated carbocycles. The summed E-state index contributed by atoms with van der Waals surface area (Å²) in [7, 11) is 0. The van der Waals surface area contributed by atoms with E-state index in [0.717, 1.165) is 12.8 Å². The molecule has 2 heterocycles. The molecule has 1 aliphatic heterocycles. The molecule has 0 amide bonds. The SMILES string of the molecule is NC1Cc2[nH]ccc2C(N2CCCCC2)C1. The van der Waals surface area contributed by atoms with Crippen LogP contribution < -0.4 is 5.73 Å². The van der Waals surface area contributed by atoms with Gasteiger partial charge in [-0.1, -0.05) is 6.42 Å². The van der Waals surface area contributed by atoms with Crippen LogP contribution in [0.25, 0.3) is 0 Å². The quantitative estimate of drug-likeness (QED) is 0.756. The molecule has 1 fully saturated rings. The zero-order valence-electron chi connectivity index (χ0n) is 9.78. The van der Waals surface area contributed by atoms with Crippen LogP contribution in [0.2, 0.25) is 0 Å². The van der Waals surface area contributed by atoms with Gasteiger partial charge in [0, 0.05) is 30.4 Å². The van der Waals surface area contributed by atoms with E-state index in [1.807, 2.05) is 0 Å². The number of nitrogens with zero attached hydrogens (tertiary/aromatic N) is 1. The first kappa shape index (κ1) is 10.4. The molecule has 1 saturated heterocycles. The molecule has 3 heteroatoms. The number of hydrogen-bond acceptors (Lipinski definition) is 2. The van der Waals surface area contributed by atoms with Crippen molar-refractivity contribution in [2.45, 2.75) is 44.2 Å². The number of fused-ring (bicyclic) bond motifs is 1. The minimum Gasteiger partial charge on any atom is -0.365 e. The highest BCUT2D eigenvalue weighted by atomic mass is 15.2. The Kier molecular flexibility index (Phi) is 2.74. The summed E-state index contributed by atoms with van der Waals surface area (Å²) >= 11 is 0. The Hall–Kier alpha value is -0.800. The van der Waals surface area contributed by atoms with Crippen LogP contribution >= 0.6 is 0 Å². The molecule has 2 aliphatic rings. The second kappa shape index (κ2) is 4.22. The molecule has 1 aromatic rings. The molecule has 0 spiro atoms. The van der Waals surface area contributed by atoms with Gasteiger partial charge >= 0.3 is 0 Å². The number of hydrogen-bond donors (Lipinski definition) is 2. The summed E-state index contributed by atoms with van der Waals surface area (Å²) < 4.78 is 0. The number of aromatic amines is 1. The smallest absolute Gasteiger partial charge is 0.0380 e. The average molecular weight is 219 g/mol. The van der Waals surface area contributed by atoms with E-state index in [1.165, 1.54) is 43.6 Å². The standard InChI is InChI=1S/C13H21N3/c14-10-8-12-11(4-5-15-12)13(9-10)16-6-2-1-3-7-16/h4-5,10,13,15H,1-3,6-9,14H2. The van der Waals surface area contributed by atoms with E-state index < -0.39 is 0 Å². The van der Waals surface area contributed by atoms with Crippen molar-refractivity contribution in [1.29, 1.82) is 0 Å². The van der Waals surface area contributed by atoms with E-state index in [1.54, 1.807) is 0 Å². The van der Waals surface area contributed by atoms with E-state index in [4.69, 9.17) is 5.73 Å². The minimum atomic E-state index is 0.332. The molecule has 16 heavy (non-hydrogen) atoms. The number of rotatable bonds is 1. The van der Waals surface area contributed by atoms with E-state index in [9.17, 15) is 0 Å². The van der Waals surface area contributed by atoms with Gasteiger partial charge in [-0.25, -0.2) is 0 Å². The van der Waals surface area contributed by atoms with Crippen LogP contribution in [-0.4, -0.2) is 29.0 Å². The van der Waals surface area contributed by atoms with Crippen molar-refractivity contribution in [2.24, 2.45) is 5.73 Å². The minimum absolute atomic E-state index is 0.332. The lowest BCUT2D eigenvalue weighted by molar-refractivity contribution is 0.143. The van der Waals surface area contributed by atoms with Gasteiger partial charge in [0.15, 0.2) is 0 Å². The van der Waals surface area contributed by atoms with Crippen molar-refractivity contribution in [3.8, 4) is 0 Å². The maximum absolute atomic E-state index is 6.16. The summed E-state index contributed by atoms with van der Waals surface area (Å²) in [6.45, 7) is 2.50. The van der Waals surface area contributed by atoms with Gasteiger partial charge in [-0.3, -0.25) is 4.90 Å². The van der Waals surface area contributed by atoms with E-state index in [2.05, 4.69) is 22.1 Å². The first-order valence-corrected chi connectivity index (χ1v) is 6.50. The fourth-order valence-corrected chi connectivity index (χ4v) is 3.24. The van der Waals surface area contributed by atoms with Crippen LogP contribution in [0.1, 0.15) is 43.0 Å². The molecule has 1 aromatic heterocycles. The average Bonchev–Trinajstić information content (AvgIpc) is 2.77. The van der Waals surface area contributed by atoms with Crippen LogP contribution in [0.5, 0.6) is 0 Å². The van der Waals surface area contributed by atoms with Crippen LogP contribution in [0.3, 0.4) is 0 Å².